The first-order valence-corrected chi connectivity index (χ1v) is 11.8. The van der Waals surface area contributed by atoms with Gasteiger partial charge in [0.25, 0.3) is 5.91 Å². The van der Waals surface area contributed by atoms with Gasteiger partial charge in [-0.25, -0.2) is 4.39 Å². The van der Waals surface area contributed by atoms with E-state index >= 15 is 0 Å². The molecule has 1 aliphatic rings. The number of amides is 4. The number of hydrogen-bond acceptors (Lipinski definition) is 5. The highest BCUT2D eigenvalue weighted by atomic mass is 19.1. The molecule has 0 saturated carbocycles. The van der Waals surface area contributed by atoms with Crippen molar-refractivity contribution < 1.29 is 28.3 Å². The number of carbonyl (C=O) groups is 4. The molecule has 4 rings (SSSR count). The molecule has 1 aliphatic heterocycles. The minimum absolute atomic E-state index is 0.0371. The van der Waals surface area contributed by atoms with E-state index < -0.39 is 41.5 Å². The van der Waals surface area contributed by atoms with Crippen molar-refractivity contribution in [3.63, 3.8) is 0 Å². The van der Waals surface area contributed by atoms with Gasteiger partial charge >= 0.3 is 0 Å². The molecule has 0 spiro atoms. The second kappa shape index (κ2) is 11.1. The van der Waals surface area contributed by atoms with E-state index in [1.165, 1.54) is 25.3 Å². The Balaban J connectivity index is 1.56. The number of halogens is 1. The molecule has 1 unspecified atom stereocenters. The fourth-order valence-corrected chi connectivity index (χ4v) is 4.45. The highest BCUT2D eigenvalue weighted by Crippen LogP contribution is 2.26. The van der Waals surface area contributed by atoms with Crippen molar-refractivity contribution in [3.8, 4) is 5.75 Å². The number of H-pyrrole nitrogens is 1. The first kappa shape index (κ1) is 25.7. The van der Waals surface area contributed by atoms with Crippen LogP contribution in [0, 0.1) is 11.7 Å². The van der Waals surface area contributed by atoms with Gasteiger partial charge < -0.3 is 31.4 Å². The predicted molar refractivity (Wildman–Crippen MR) is 133 cm³/mol. The fourth-order valence-electron chi connectivity index (χ4n) is 4.45. The average molecular weight is 510 g/mol. The minimum Gasteiger partial charge on any atom is -0.496 e. The summed E-state index contributed by atoms with van der Waals surface area (Å²) in [5.41, 5.74) is 6.82. The van der Waals surface area contributed by atoms with Gasteiger partial charge in [-0.1, -0.05) is 18.2 Å². The monoisotopic (exact) mass is 509 g/mol. The molecular weight excluding hydrogens is 481 g/mol. The molecule has 6 N–H and O–H groups in total. The number of hydrogen-bond donors (Lipinski definition) is 5. The van der Waals surface area contributed by atoms with Crippen LogP contribution in [0.4, 0.5) is 4.39 Å². The van der Waals surface area contributed by atoms with Crippen molar-refractivity contribution in [1.82, 2.24) is 20.9 Å². The number of nitrogens with one attached hydrogen (secondary N) is 4. The number of nitrogens with two attached hydrogens (primary N) is 1. The highest BCUT2D eigenvalue weighted by Gasteiger charge is 2.32. The van der Waals surface area contributed by atoms with Gasteiger partial charge in [-0.2, -0.15) is 0 Å². The molecule has 1 fully saturated rings. The predicted octanol–water partition coefficient (Wildman–Crippen LogP) is 1.15. The molecule has 3 aromatic rings. The Bertz CT molecular complexity index is 1340. The van der Waals surface area contributed by atoms with E-state index in [2.05, 4.69) is 20.9 Å². The van der Waals surface area contributed by atoms with Crippen LogP contribution in [0.2, 0.25) is 0 Å². The van der Waals surface area contributed by atoms with Crippen LogP contribution in [-0.2, 0) is 20.8 Å². The number of methoxy groups -OCH3 is 1. The molecule has 194 valence electrons. The average Bonchev–Trinajstić information content (AvgIpc) is 3.49. The van der Waals surface area contributed by atoms with E-state index in [1.807, 2.05) is 0 Å². The van der Waals surface area contributed by atoms with E-state index in [4.69, 9.17) is 10.5 Å². The molecule has 1 aromatic heterocycles. The SMILES string of the molecule is COc1cccc2[nH]c(C(=O)NC(Cc3cccc(F)c3)C(=O)N[C@@H](C[C@@H]3CCNC3=O)C(N)=O)cc12. The quantitative estimate of drug-likeness (QED) is 0.277. The zero-order chi connectivity index (χ0) is 26.5. The van der Waals surface area contributed by atoms with Gasteiger partial charge in [0.15, 0.2) is 0 Å². The summed E-state index contributed by atoms with van der Waals surface area (Å²) >= 11 is 0. The fraction of sp³-hybridized carbons (Fsp3) is 0.308. The van der Waals surface area contributed by atoms with E-state index in [1.54, 1.807) is 30.3 Å². The van der Waals surface area contributed by atoms with Gasteiger partial charge in [0.2, 0.25) is 17.7 Å². The number of rotatable bonds is 10. The van der Waals surface area contributed by atoms with Crippen molar-refractivity contribution in [2.45, 2.75) is 31.3 Å². The molecule has 2 heterocycles. The Morgan fingerprint density at radius 1 is 1.14 bits per heavy atom. The van der Waals surface area contributed by atoms with Gasteiger partial charge in [0, 0.05) is 29.8 Å². The van der Waals surface area contributed by atoms with Gasteiger partial charge in [-0.15, -0.1) is 0 Å². The van der Waals surface area contributed by atoms with Crippen molar-refractivity contribution in [2.24, 2.45) is 11.7 Å². The van der Waals surface area contributed by atoms with Crippen LogP contribution < -0.4 is 26.4 Å². The third-order valence-electron chi connectivity index (χ3n) is 6.38. The lowest BCUT2D eigenvalue weighted by Gasteiger charge is -2.23. The molecule has 10 nitrogen and oxygen atoms in total. The van der Waals surface area contributed by atoms with Crippen LogP contribution in [0.15, 0.2) is 48.5 Å². The summed E-state index contributed by atoms with van der Waals surface area (Å²) < 4.78 is 19.1. The molecule has 37 heavy (non-hydrogen) atoms. The lowest BCUT2D eigenvalue weighted by Crippen LogP contribution is -2.54. The Morgan fingerprint density at radius 3 is 2.59 bits per heavy atom. The largest absolute Gasteiger partial charge is 0.496 e. The summed E-state index contributed by atoms with van der Waals surface area (Å²) in [5, 5.41) is 8.61. The number of fused-ring (bicyclic) bond motifs is 1. The number of primary amides is 1. The minimum atomic E-state index is -1.16. The van der Waals surface area contributed by atoms with Gasteiger partial charge in [0.1, 0.15) is 29.3 Å². The number of carbonyl (C=O) groups excluding carboxylic acids is 4. The molecule has 4 amide bonds. The van der Waals surface area contributed by atoms with Gasteiger partial charge in [-0.05, 0) is 48.7 Å². The first-order chi connectivity index (χ1) is 17.7. The van der Waals surface area contributed by atoms with E-state index in [-0.39, 0.29) is 24.4 Å². The van der Waals surface area contributed by atoms with Crippen LogP contribution in [-0.4, -0.2) is 54.4 Å². The Kier molecular flexibility index (Phi) is 7.71. The molecule has 0 aliphatic carbocycles. The number of aromatic amines is 1. The van der Waals surface area contributed by atoms with Crippen molar-refractivity contribution >= 4 is 34.5 Å². The van der Waals surface area contributed by atoms with E-state index in [0.717, 1.165) is 0 Å². The summed E-state index contributed by atoms with van der Waals surface area (Å²) in [6, 6.07) is 10.3. The van der Waals surface area contributed by atoms with Gasteiger partial charge in [0.05, 0.1) is 7.11 Å². The van der Waals surface area contributed by atoms with Gasteiger partial charge in [-0.3, -0.25) is 19.2 Å². The summed E-state index contributed by atoms with van der Waals surface area (Å²) in [6.45, 7) is 0.483. The first-order valence-electron chi connectivity index (χ1n) is 11.8. The van der Waals surface area contributed by atoms with Crippen molar-refractivity contribution in [3.05, 3.63) is 65.6 Å². The van der Waals surface area contributed by atoms with Crippen LogP contribution in [0.1, 0.15) is 28.9 Å². The number of aromatic nitrogens is 1. The van der Waals surface area contributed by atoms with Crippen molar-refractivity contribution in [1.29, 1.82) is 0 Å². The Morgan fingerprint density at radius 2 is 1.92 bits per heavy atom. The molecule has 3 atom stereocenters. The molecule has 0 radical (unpaired) electrons. The maximum Gasteiger partial charge on any atom is 0.268 e. The normalized spacial score (nSPS) is 16.6. The van der Waals surface area contributed by atoms with Crippen LogP contribution >= 0.6 is 0 Å². The van der Waals surface area contributed by atoms with Crippen LogP contribution in [0.25, 0.3) is 10.9 Å². The third kappa shape index (κ3) is 6.05. The maximum atomic E-state index is 13.8. The van der Waals surface area contributed by atoms with Crippen LogP contribution in [0.3, 0.4) is 0 Å². The van der Waals surface area contributed by atoms with Crippen LogP contribution in [0.5, 0.6) is 5.75 Å². The standard InChI is InChI=1S/C26H28FN5O5/c1-37-22-7-3-6-18-17(22)13-21(30-18)26(36)32-20(11-14-4-2-5-16(27)10-14)25(35)31-19(23(28)33)12-15-8-9-29-24(15)34/h2-7,10,13,15,19-20,30H,8-9,11-12H2,1H3,(H2,28,33)(H,29,34)(H,31,35)(H,32,36)/t15-,19-,20?/m0/s1. The molecule has 2 aromatic carbocycles. The maximum absolute atomic E-state index is 13.8. The second-order valence-corrected chi connectivity index (χ2v) is 8.94. The molecular formula is C26H28FN5O5. The number of benzene rings is 2. The zero-order valence-electron chi connectivity index (χ0n) is 20.2. The lowest BCUT2D eigenvalue weighted by molar-refractivity contribution is -0.130. The van der Waals surface area contributed by atoms with Crippen molar-refractivity contribution in [2.75, 3.05) is 13.7 Å². The van der Waals surface area contributed by atoms with E-state index in [0.29, 0.717) is 35.2 Å². The molecule has 11 heteroatoms. The van der Waals surface area contributed by atoms with E-state index in [9.17, 15) is 23.6 Å². The smallest absolute Gasteiger partial charge is 0.268 e. The third-order valence-corrected chi connectivity index (χ3v) is 6.38. The summed E-state index contributed by atoms with van der Waals surface area (Å²) in [7, 11) is 1.52. The topological polar surface area (TPSA) is 155 Å². The molecule has 0 bridgehead atoms. The summed E-state index contributed by atoms with van der Waals surface area (Å²) in [4.78, 5) is 53.5. The Hall–Kier alpha value is -4.41. The highest BCUT2D eigenvalue weighted by molar-refractivity contribution is 6.02. The zero-order valence-corrected chi connectivity index (χ0v) is 20.2. The summed E-state index contributed by atoms with van der Waals surface area (Å²) in [5.74, 6) is -2.66. The summed E-state index contributed by atoms with van der Waals surface area (Å²) in [6.07, 6.45) is 0.509. The number of ether oxygens (including phenoxy) is 1. The molecule has 1 saturated heterocycles. The Labute approximate surface area is 212 Å². The second-order valence-electron chi connectivity index (χ2n) is 8.94. The lowest BCUT2D eigenvalue weighted by atomic mass is 9.97.